The normalized spacial score (nSPS) is 17.9. The number of amides is 1. The second kappa shape index (κ2) is 7.92. The molecule has 0 bridgehead atoms. The molecule has 9 heteroatoms. The average molecular weight is 485 g/mol. The number of anilines is 1. The van der Waals surface area contributed by atoms with Crippen LogP contribution in [0.4, 0.5) is 5.82 Å². The Bertz CT molecular complexity index is 1220. The number of phenolic OH excluding ortho intramolecular Hbond substituents is 1. The van der Waals surface area contributed by atoms with Crippen molar-refractivity contribution >= 4 is 39.2 Å². The van der Waals surface area contributed by atoms with Gasteiger partial charge in [-0.15, -0.1) is 0 Å². The van der Waals surface area contributed by atoms with Crippen molar-refractivity contribution in [2.75, 3.05) is 12.0 Å². The molecule has 1 aliphatic rings. The van der Waals surface area contributed by atoms with E-state index in [1.54, 1.807) is 43.3 Å². The van der Waals surface area contributed by atoms with Crippen LogP contribution in [0.1, 0.15) is 22.9 Å². The van der Waals surface area contributed by atoms with Crippen LogP contribution in [0, 0.1) is 6.92 Å². The summed E-state index contributed by atoms with van der Waals surface area (Å²) in [6.45, 7) is 1.66. The Morgan fingerprint density at radius 2 is 1.90 bits per heavy atom. The maximum absolute atomic E-state index is 13.0. The summed E-state index contributed by atoms with van der Waals surface area (Å²) in [7, 11) is 1.38. The van der Waals surface area contributed by atoms with E-state index >= 15 is 0 Å². The summed E-state index contributed by atoms with van der Waals surface area (Å²) < 4.78 is 10.6. The lowest BCUT2D eigenvalue weighted by Crippen LogP contribution is -2.29. The quantitative estimate of drug-likeness (QED) is 0.325. The molecular weight excluding hydrogens is 468 g/mol. The lowest BCUT2D eigenvalue weighted by molar-refractivity contribution is -0.132. The van der Waals surface area contributed by atoms with Gasteiger partial charge >= 0.3 is 5.91 Å². The van der Waals surface area contributed by atoms with Crippen LogP contribution in [-0.2, 0) is 9.59 Å². The van der Waals surface area contributed by atoms with Gasteiger partial charge in [-0.1, -0.05) is 35.5 Å². The van der Waals surface area contributed by atoms with Crippen molar-refractivity contribution in [3.63, 3.8) is 0 Å². The minimum Gasteiger partial charge on any atom is -0.507 e. The molecule has 4 rings (SSSR count). The lowest BCUT2D eigenvalue weighted by atomic mass is 9.95. The number of hydrogen-bond acceptors (Lipinski definition) is 7. The second-order valence-corrected chi connectivity index (χ2v) is 7.74. The molecule has 1 saturated heterocycles. The highest BCUT2D eigenvalue weighted by molar-refractivity contribution is 9.10. The number of ether oxygens (including phenoxy) is 1. The number of carbonyl (C=O) groups is 2. The largest absolute Gasteiger partial charge is 0.507 e. The number of phenols is 1. The van der Waals surface area contributed by atoms with Crippen LogP contribution in [0.2, 0.25) is 0 Å². The van der Waals surface area contributed by atoms with Crippen LogP contribution in [0.3, 0.4) is 0 Å². The first kappa shape index (κ1) is 20.7. The van der Waals surface area contributed by atoms with Crippen molar-refractivity contribution in [1.82, 2.24) is 5.16 Å². The summed E-state index contributed by atoms with van der Waals surface area (Å²) in [5.74, 6) is -1.48. The van der Waals surface area contributed by atoms with Crippen molar-refractivity contribution in [2.45, 2.75) is 13.0 Å². The van der Waals surface area contributed by atoms with E-state index in [4.69, 9.17) is 9.26 Å². The molecule has 1 aliphatic heterocycles. The van der Waals surface area contributed by atoms with E-state index in [9.17, 15) is 19.8 Å². The number of carbonyl (C=O) groups excluding carboxylic acids is 2. The molecule has 1 amide bonds. The number of hydrogen-bond donors (Lipinski definition) is 2. The van der Waals surface area contributed by atoms with Gasteiger partial charge in [0.15, 0.2) is 17.3 Å². The molecule has 1 atom stereocenters. The Morgan fingerprint density at radius 3 is 2.52 bits per heavy atom. The van der Waals surface area contributed by atoms with Crippen molar-refractivity contribution in [3.8, 4) is 11.5 Å². The highest BCUT2D eigenvalue weighted by Crippen LogP contribution is 2.45. The predicted molar refractivity (Wildman–Crippen MR) is 115 cm³/mol. The van der Waals surface area contributed by atoms with Crippen LogP contribution in [0.15, 0.2) is 63.1 Å². The molecule has 0 aliphatic carbocycles. The molecule has 31 heavy (non-hydrogen) atoms. The minimum atomic E-state index is -1.03. The number of benzene rings is 2. The number of aromatic hydroxyl groups is 1. The topological polar surface area (TPSA) is 113 Å². The van der Waals surface area contributed by atoms with Crippen molar-refractivity contribution in [2.24, 2.45) is 0 Å². The zero-order valence-corrected chi connectivity index (χ0v) is 18.1. The van der Waals surface area contributed by atoms with Gasteiger partial charge in [-0.3, -0.25) is 14.5 Å². The first-order valence-corrected chi connectivity index (χ1v) is 9.99. The molecule has 0 radical (unpaired) electrons. The van der Waals surface area contributed by atoms with Crippen LogP contribution >= 0.6 is 15.9 Å². The Kier molecular flexibility index (Phi) is 5.28. The van der Waals surface area contributed by atoms with Gasteiger partial charge in [0.05, 0.1) is 23.2 Å². The number of Topliss-reactive ketones (excluding diaryl/α,β-unsaturated/α-hetero) is 1. The van der Waals surface area contributed by atoms with E-state index in [0.717, 1.165) is 4.90 Å². The van der Waals surface area contributed by atoms with Gasteiger partial charge in [0, 0.05) is 11.6 Å². The first-order valence-electron chi connectivity index (χ1n) is 9.19. The van der Waals surface area contributed by atoms with Crippen LogP contribution < -0.4 is 9.64 Å². The molecule has 158 valence electrons. The number of aryl methyl sites for hydroxylation is 1. The standard InChI is InChI=1S/C22H17BrN2O6/c1-11-8-16(24-31-11)25-18(13-9-14(23)20(27)15(10-13)30-2)17(21(28)22(25)29)19(26)12-6-4-3-5-7-12/h3-10,18,26-27H,1-2H3. The first-order chi connectivity index (χ1) is 14.8. The number of ketones is 1. The summed E-state index contributed by atoms with van der Waals surface area (Å²) in [6.07, 6.45) is 0. The highest BCUT2D eigenvalue weighted by atomic mass is 79.9. The molecule has 8 nitrogen and oxygen atoms in total. The van der Waals surface area contributed by atoms with Gasteiger partial charge < -0.3 is 19.5 Å². The van der Waals surface area contributed by atoms with E-state index in [-0.39, 0.29) is 28.6 Å². The fourth-order valence-electron chi connectivity index (χ4n) is 3.51. The second-order valence-electron chi connectivity index (χ2n) is 6.88. The molecule has 1 fully saturated rings. The smallest absolute Gasteiger partial charge is 0.301 e. The molecule has 2 aromatic carbocycles. The number of nitrogens with zero attached hydrogens (tertiary/aromatic N) is 2. The molecular formula is C22H17BrN2O6. The lowest BCUT2D eigenvalue weighted by Gasteiger charge is -2.23. The van der Waals surface area contributed by atoms with Crippen molar-refractivity contribution < 1.29 is 29.1 Å². The van der Waals surface area contributed by atoms with E-state index in [2.05, 4.69) is 21.1 Å². The number of methoxy groups -OCH3 is 1. The fraction of sp³-hybridized carbons (Fsp3) is 0.136. The zero-order valence-electron chi connectivity index (χ0n) is 16.5. The van der Waals surface area contributed by atoms with Gasteiger partial charge in [-0.2, -0.15) is 0 Å². The van der Waals surface area contributed by atoms with Crippen molar-refractivity contribution in [3.05, 3.63) is 75.5 Å². The number of aliphatic hydroxyl groups is 1. The van der Waals surface area contributed by atoms with Gasteiger partial charge in [-0.05, 0) is 40.5 Å². The molecule has 0 saturated carbocycles. The molecule has 1 unspecified atom stereocenters. The maximum Gasteiger partial charge on any atom is 0.301 e. The van der Waals surface area contributed by atoms with Crippen LogP contribution in [0.5, 0.6) is 11.5 Å². The number of halogens is 1. The number of aromatic nitrogens is 1. The summed E-state index contributed by atoms with van der Waals surface area (Å²) in [6, 6.07) is 12.0. The average Bonchev–Trinajstić information content (AvgIpc) is 3.31. The van der Waals surface area contributed by atoms with Gasteiger partial charge in [-0.25, -0.2) is 0 Å². The monoisotopic (exact) mass is 484 g/mol. The number of aliphatic hydroxyl groups excluding tert-OH is 1. The van der Waals surface area contributed by atoms with Gasteiger partial charge in [0.2, 0.25) is 0 Å². The number of rotatable bonds is 4. The van der Waals surface area contributed by atoms with Gasteiger partial charge in [0.25, 0.3) is 5.78 Å². The van der Waals surface area contributed by atoms with E-state index in [1.807, 2.05) is 0 Å². The molecule has 3 aromatic rings. The summed E-state index contributed by atoms with van der Waals surface area (Å²) in [5, 5.41) is 25.1. The Hall–Kier alpha value is -3.59. The highest BCUT2D eigenvalue weighted by Gasteiger charge is 2.48. The van der Waals surface area contributed by atoms with Crippen LogP contribution in [-0.4, -0.2) is 34.2 Å². The molecule has 1 aromatic heterocycles. The Balaban J connectivity index is 2.00. The summed E-state index contributed by atoms with van der Waals surface area (Å²) in [5.41, 5.74) is 0.682. The third kappa shape index (κ3) is 3.46. The summed E-state index contributed by atoms with van der Waals surface area (Å²) in [4.78, 5) is 27.2. The third-order valence-corrected chi connectivity index (χ3v) is 5.54. The molecule has 2 heterocycles. The van der Waals surface area contributed by atoms with Crippen LogP contribution in [0.25, 0.3) is 5.76 Å². The fourth-order valence-corrected chi connectivity index (χ4v) is 3.97. The predicted octanol–water partition coefficient (Wildman–Crippen LogP) is 4.09. The molecule has 2 N–H and O–H groups in total. The van der Waals surface area contributed by atoms with E-state index in [0.29, 0.717) is 21.4 Å². The molecule has 0 spiro atoms. The SMILES string of the molecule is COc1cc(C2C(=C(O)c3ccccc3)C(=O)C(=O)N2c2cc(C)on2)cc(Br)c1O. The van der Waals surface area contributed by atoms with E-state index in [1.165, 1.54) is 19.2 Å². The minimum absolute atomic E-state index is 0.114. The Labute approximate surface area is 185 Å². The Morgan fingerprint density at radius 1 is 1.19 bits per heavy atom. The third-order valence-electron chi connectivity index (χ3n) is 4.94. The maximum atomic E-state index is 13.0. The summed E-state index contributed by atoms with van der Waals surface area (Å²) >= 11 is 3.27. The zero-order chi connectivity index (χ0) is 22.3. The van der Waals surface area contributed by atoms with Gasteiger partial charge in [0.1, 0.15) is 11.5 Å². The van der Waals surface area contributed by atoms with E-state index < -0.39 is 17.7 Å². The van der Waals surface area contributed by atoms with Crippen molar-refractivity contribution in [1.29, 1.82) is 0 Å².